The van der Waals surface area contributed by atoms with Crippen LogP contribution in [0.3, 0.4) is 0 Å². The number of nitrogens with one attached hydrogen (secondary N) is 1. The second kappa shape index (κ2) is 6.10. The Labute approximate surface area is 100.0 Å². The van der Waals surface area contributed by atoms with Crippen molar-refractivity contribution in [1.82, 2.24) is 5.32 Å². The van der Waals surface area contributed by atoms with Crippen molar-refractivity contribution in [1.29, 1.82) is 0 Å². The van der Waals surface area contributed by atoms with Crippen molar-refractivity contribution in [2.75, 3.05) is 6.54 Å². The van der Waals surface area contributed by atoms with E-state index in [1.165, 1.54) is 38.6 Å². The van der Waals surface area contributed by atoms with E-state index in [0.29, 0.717) is 16.8 Å². The molecule has 0 bridgehead atoms. The maximum Gasteiger partial charge on any atom is 0.0416 e. The lowest BCUT2D eigenvalue weighted by Gasteiger charge is -2.49. The fourth-order valence-electron chi connectivity index (χ4n) is 2.22. The molecule has 1 nitrogen and oxygen atoms in total. The second-order valence-electron chi connectivity index (χ2n) is 5.45. The Kier molecular flexibility index (Phi) is 5.42. The van der Waals surface area contributed by atoms with Crippen molar-refractivity contribution in [3.05, 3.63) is 0 Å². The van der Waals surface area contributed by atoms with E-state index in [1.807, 2.05) is 0 Å². The quantitative estimate of drug-likeness (QED) is 0.517. The Bertz CT molecular complexity index is 179. The number of hydrogen-bond donors (Lipinski definition) is 1. The monoisotopic (exact) mass is 231 g/mol. The van der Waals surface area contributed by atoms with Crippen LogP contribution in [0.15, 0.2) is 0 Å². The molecule has 0 amide bonds. The van der Waals surface area contributed by atoms with Crippen molar-refractivity contribution in [3.63, 3.8) is 0 Å². The largest absolute Gasteiger partial charge is 0.313 e. The van der Waals surface area contributed by atoms with Crippen LogP contribution in [0.5, 0.6) is 0 Å². The predicted molar refractivity (Wildman–Crippen MR) is 68.6 cm³/mol. The Balaban J connectivity index is 1.97. The molecule has 2 atom stereocenters. The summed E-state index contributed by atoms with van der Waals surface area (Å²) in [5, 5.41) is 4.00. The van der Waals surface area contributed by atoms with E-state index in [4.69, 9.17) is 11.6 Å². The minimum absolute atomic E-state index is 0.297. The Morgan fingerprint density at radius 1 is 1.20 bits per heavy atom. The van der Waals surface area contributed by atoms with Gasteiger partial charge in [-0.3, -0.25) is 0 Å². The molecule has 90 valence electrons. The first kappa shape index (κ1) is 13.3. The number of unbranched alkanes of at least 4 members (excludes halogenated alkanes) is 4. The minimum Gasteiger partial charge on any atom is -0.313 e. The predicted octanol–water partition coefficient (Wildman–Crippen LogP) is 3.95. The molecule has 1 rings (SSSR count). The lowest BCUT2D eigenvalue weighted by molar-refractivity contribution is 0.117. The van der Waals surface area contributed by atoms with Gasteiger partial charge in [-0.05, 0) is 24.8 Å². The van der Waals surface area contributed by atoms with Crippen LogP contribution < -0.4 is 5.32 Å². The number of halogens is 1. The fourth-order valence-corrected chi connectivity index (χ4v) is 2.55. The van der Waals surface area contributed by atoms with Gasteiger partial charge in [0.2, 0.25) is 0 Å². The van der Waals surface area contributed by atoms with Crippen molar-refractivity contribution < 1.29 is 0 Å². The Hall–Kier alpha value is 0.250. The van der Waals surface area contributed by atoms with Crippen LogP contribution in [-0.2, 0) is 0 Å². The number of rotatable bonds is 7. The summed E-state index contributed by atoms with van der Waals surface area (Å²) in [5.41, 5.74) is 0.297. The van der Waals surface area contributed by atoms with Crippen molar-refractivity contribution in [3.8, 4) is 0 Å². The van der Waals surface area contributed by atoms with Gasteiger partial charge in [0.25, 0.3) is 0 Å². The molecular weight excluding hydrogens is 206 g/mol. The number of alkyl halides is 1. The normalized spacial score (nSPS) is 28.8. The topological polar surface area (TPSA) is 12.0 Å². The fraction of sp³-hybridized carbons (Fsp3) is 1.00. The van der Waals surface area contributed by atoms with Gasteiger partial charge in [0.15, 0.2) is 0 Å². The molecule has 1 saturated carbocycles. The molecule has 1 N–H and O–H groups in total. The summed E-state index contributed by atoms with van der Waals surface area (Å²) in [4.78, 5) is 0. The van der Waals surface area contributed by atoms with E-state index < -0.39 is 0 Å². The molecular formula is C13H26ClN. The van der Waals surface area contributed by atoms with E-state index in [1.54, 1.807) is 0 Å². The van der Waals surface area contributed by atoms with Gasteiger partial charge in [-0.1, -0.05) is 46.5 Å². The molecule has 15 heavy (non-hydrogen) atoms. The third-order valence-electron chi connectivity index (χ3n) is 3.82. The molecule has 0 saturated heterocycles. The van der Waals surface area contributed by atoms with E-state index in [0.717, 1.165) is 6.42 Å². The minimum atomic E-state index is 0.297. The van der Waals surface area contributed by atoms with E-state index in [-0.39, 0.29) is 0 Å². The summed E-state index contributed by atoms with van der Waals surface area (Å²) >= 11 is 6.18. The van der Waals surface area contributed by atoms with Gasteiger partial charge < -0.3 is 5.32 Å². The molecule has 0 aromatic heterocycles. The Morgan fingerprint density at radius 2 is 1.87 bits per heavy atom. The van der Waals surface area contributed by atoms with Crippen LogP contribution in [0.4, 0.5) is 0 Å². The summed E-state index contributed by atoms with van der Waals surface area (Å²) < 4.78 is 0. The maximum atomic E-state index is 6.18. The zero-order chi connectivity index (χ0) is 11.3. The molecule has 2 heteroatoms. The van der Waals surface area contributed by atoms with Gasteiger partial charge in [0, 0.05) is 11.4 Å². The highest BCUT2D eigenvalue weighted by Crippen LogP contribution is 2.44. The summed E-state index contributed by atoms with van der Waals surface area (Å²) in [6, 6.07) is 0.645. The summed E-state index contributed by atoms with van der Waals surface area (Å²) in [7, 11) is 0. The number of hydrogen-bond acceptors (Lipinski definition) is 1. The summed E-state index contributed by atoms with van der Waals surface area (Å²) in [6.07, 6.45) is 7.95. The maximum absolute atomic E-state index is 6.18. The van der Waals surface area contributed by atoms with Crippen LogP contribution in [0.1, 0.15) is 59.3 Å². The van der Waals surface area contributed by atoms with Crippen molar-refractivity contribution in [2.24, 2.45) is 5.41 Å². The molecule has 0 heterocycles. The van der Waals surface area contributed by atoms with Crippen LogP contribution in [0.2, 0.25) is 0 Å². The molecule has 1 aliphatic carbocycles. The van der Waals surface area contributed by atoms with Crippen molar-refractivity contribution >= 4 is 11.6 Å². The average molecular weight is 232 g/mol. The third kappa shape index (κ3) is 3.64. The van der Waals surface area contributed by atoms with Gasteiger partial charge in [0.1, 0.15) is 0 Å². The first-order valence-corrected chi connectivity index (χ1v) is 6.90. The highest BCUT2D eigenvalue weighted by atomic mass is 35.5. The molecule has 1 aliphatic rings. The van der Waals surface area contributed by atoms with Gasteiger partial charge in [-0.25, -0.2) is 0 Å². The zero-order valence-corrected chi connectivity index (χ0v) is 11.2. The van der Waals surface area contributed by atoms with E-state index in [2.05, 4.69) is 26.1 Å². The van der Waals surface area contributed by atoms with E-state index >= 15 is 0 Å². The Morgan fingerprint density at radius 3 is 2.40 bits per heavy atom. The van der Waals surface area contributed by atoms with Crippen LogP contribution in [0, 0.1) is 5.41 Å². The van der Waals surface area contributed by atoms with E-state index in [9.17, 15) is 0 Å². The summed E-state index contributed by atoms with van der Waals surface area (Å²) in [5.74, 6) is 0. The van der Waals surface area contributed by atoms with Crippen LogP contribution in [0.25, 0.3) is 0 Å². The average Bonchev–Trinajstić information content (AvgIpc) is 2.21. The molecule has 0 aromatic carbocycles. The molecule has 0 aliphatic heterocycles. The first-order chi connectivity index (χ1) is 7.09. The lowest BCUT2D eigenvalue weighted by Crippen LogP contribution is -2.57. The van der Waals surface area contributed by atoms with Gasteiger partial charge in [-0.15, -0.1) is 11.6 Å². The third-order valence-corrected chi connectivity index (χ3v) is 4.56. The lowest BCUT2D eigenvalue weighted by atomic mass is 9.67. The smallest absolute Gasteiger partial charge is 0.0416 e. The molecule has 2 unspecified atom stereocenters. The van der Waals surface area contributed by atoms with Gasteiger partial charge >= 0.3 is 0 Å². The van der Waals surface area contributed by atoms with Crippen LogP contribution >= 0.6 is 11.6 Å². The van der Waals surface area contributed by atoms with Gasteiger partial charge in [-0.2, -0.15) is 0 Å². The molecule has 0 radical (unpaired) electrons. The zero-order valence-electron chi connectivity index (χ0n) is 10.5. The highest BCUT2D eigenvalue weighted by Gasteiger charge is 2.46. The first-order valence-electron chi connectivity index (χ1n) is 6.46. The molecule has 0 aromatic rings. The van der Waals surface area contributed by atoms with Gasteiger partial charge in [0.05, 0.1) is 0 Å². The second-order valence-corrected chi connectivity index (χ2v) is 5.97. The SMILES string of the molecule is CCCCCCCNC1CC(Cl)C1(C)C. The molecule has 0 spiro atoms. The summed E-state index contributed by atoms with van der Waals surface area (Å²) in [6.45, 7) is 7.96. The van der Waals surface area contributed by atoms with Crippen molar-refractivity contribution in [2.45, 2.75) is 70.7 Å². The highest BCUT2D eigenvalue weighted by molar-refractivity contribution is 6.21. The molecule has 1 fully saturated rings. The standard InChI is InChI=1S/C13H26ClN/c1-4-5-6-7-8-9-15-12-10-11(14)13(12,2)3/h11-12,15H,4-10H2,1-3H3. The van der Waals surface area contributed by atoms with Crippen LogP contribution in [-0.4, -0.2) is 18.0 Å².